The molecule has 0 amide bonds. The van der Waals surface area contributed by atoms with E-state index in [1.165, 1.54) is 10.5 Å². The van der Waals surface area contributed by atoms with Crippen molar-refractivity contribution < 1.29 is 0 Å². The molecule has 3 rings (SSSR count). The van der Waals surface area contributed by atoms with Gasteiger partial charge in [-0.05, 0) is 28.1 Å². The van der Waals surface area contributed by atoms with Gasteiger partial charge in [0.25, 0.3) is 5.56 Å². The Morgan fingerprint density at radius 2 is 2.22 bits per heavy atom. The number of nitrogens with zero attached hydrogens (tertiary/aromatic N) is 4. The second-order valence-electron chi connectivity index (χ2n) is 3.87. The van der Waals surface area contributed by atoms with Gasteiger partial charge in [-0.15, -0.1) is 0 Å². The summed E-state index contributed by atoms with van der Waals surface area (Å²) in [6.07, 6.45) is 5.25. The lowest BCUT2D eigenvalue weighted by Crippen LogP contribution is -2.16. The van der Waals surface area contributed by atoms with Gasteiger partial charge in [-0.3, -0.25) is 13.9 Å². The van der Waals surface area contributed by atoms with Crippen LogP contribution in [0.1, 0.15) is 5.69 Å². The van der Waals surface area contributed by atoms with Crippen molar-refractivity contribution in [2.24, 2.45) is 0 Å². The van der Waals surface area contributed by atoms with Gasteiger partial charge in [-0.25, -0.2) is 4.98 Å². The quantitative estimate of drug-likeness (QED) is 0.724. The maximum absolute atomic E-state index is 11.9. The second kappa shape index (κ2) is 4.38. The third-order valence-electron chi connectivity index (χ3n) is 2.55. The van der Waals surface area contributed by atoms with Gasteiger partial charge in [0.05, 0.1) is 22.9 Å². The molecule has 0 aliphatic rings. The Balaban J connectivity index is 2.05. The van der Waals surface area contributed by atoms with E-state index in [2.05, 4.69) is 26.0 Å². The predicted molar refractivity (Wildman–Crippen MR) is 70.5 cm³/mol. The number of aromatic nitrogens is 4. The fraction of sp³-hybridized carbons (Fsp3) is 0.0833. The molecule has 0 radical (unpaired) electrons. The minimum Gasteiger partial charge on any atom is -0.269 e. The number of hydrogen-bond donors (Lipinski definition) is 0. The van der Waals surface area contributed by atoms with Gasteiger partial charge in [0.1, 0.15) is 5.65 Å². The Labute approximate surface area is 111 Å². The van der Waals surface area contributed by atoms with Gasteiger partial charge in [0.15, 0.2) is 0 Å². The van der Waals surface area contributed by atoms with Crippen LogP contribution in [-0.4, -0.2) is 19.2 Å². The van der Waals surface area contributed by atoms with Crippen LogP contribution >= 0.6 is 15.9 Å². The standard InChI is InChI=1S/C12H9BrN4O/c13-9-6-14-16(7-9)8-10-5-12(18)17-4-2-1-3-11(17)15-10/h1-7H,8H2. The van der Waals surface area contributed by atoms with Crippen molar-refractivity contribution in [1.29, 1.82) is 0 Å². The van der Waals surface area contributed by atoms with Gasteiger partial charge in [-0.2, -0.15) is 5.10 Å². The maximum atomic E-state index is 11.9. The molecule has 0 saturated heterocycles. The largest absolute Gasteiger partial charge is 0.269 e. The van der Waals surface area contributed by atoms with Crippen molar-refractivity contribution in [2.75, 3.05) is 0 Å². The van der Waals surface area contributed by atoms with Crippen LogP contribution in [-0.2, 0) is 6.54 Å². The van der Waals surface area contributed by atoms with Crippen LogP contribution in [0.25, 0.3) is 5.65 Å². The molecule has 0 atom stereocenters. The van der Waals surface area contributed by atoms with Gasteiger partial charge in [0, 0.05) is 18.5 Å². The van der Waals surface area contributed by atoms with Crippen molar-refractivity contribution in [3.63, 3.8) is 0 Å². The first-order chi connectivity index (χ1) is 8.72. The summed E-state index contributed by atoms with van der Waals surface area (Å²) in [7, 11) is 0. The van der Waals surface area contributed by atoms with E-state index in [9.17, 15) is 4.79 Å². The zero-order valence-electron chi connectivity index (χ0n) is 9.32. The summed E-state index contributed by atoms with van der Waals surface area (Å²) in [5.74, 6) is 0. The first-order valence-corrected chi connectivity index (χ1v) is 6.17. The summed E-state index contributed by atoms with van der Waals surface area (Å²) in [5.41, 5.74) is 1.26. The van der Waals surface area contributed by atoms with Crippen LogP contribution in [0.2, 0.25) is 0 Å². The van der Waals surface area contributed by atoms with Gasteiger partial charge in [0.2, 0.25) is 0 Å². The monoisotopic (exact) mass is 304 g/mol. The normalized spacial score (nSPS) is 10.9. The van der Waals surface area contributed by atoms with E-state index in [4.69, 9.17) is 0 Å². The molecule has 3 aromatic heterocycles. The molecule has 5 nitrogen and oxygen atoms in total. The van der Waals surface area contributed by atoms with Crippen molar-refractivity contribution in [2.45, 2.75) is 6.54 Å². The van der Waals surface area contributed by atoms with Gasteiger partial charge < -0.3 is 0 Å². The SMILES string of the molecule is O=c1cc(Cn2cc(Br)cn2)nc2ccccn12. The third kappa shape index (κ3) is 2.06. The summed E-state index contributed by atoms with van der Waals surface area (Å²) in [4.78, 5) is 16.3. The zero-order valence-corrected chi connectivity index (χ0v) is 10.9. The molecule has 0 bridgehead atoms. The summed E-state index contributed by atoms with van der Waals surface area (Å²) < 4.78 is 4.15. The fourth-order valence-electron chi connectivity index (χ4n) is 1.77. The summed E-state index contributed by atoms with van der Waals surface area (Å²) in [6, 6.07) is 7.00. The number of halogens is 1. The van der Waals surface area contributed by atoms with E-state index in [0.717, 1.165) is 4.47 Å². The van der Waals surface area contributed by atoms with Crippen LogP contribution < -0.4 is 5.56 Å². The molecule has 3 heterocycles. The molecule has 0 N–H and O–H groups in total. The van der Waals surface area contributed by atoms with E-state index >= 15 is 0 Å². The molecule has 3 aromatic rings. The average molecular weight is 305 g/mol. The minimum absolute atomic E-state index is 0.0816. The number of rotatable bonds is 2. The van der Waals surface area contributed by atoms with E-state index in [1.54, 1.807) is 23.1 Å². The summed E-state index contributed by atoms with van der Waals surface area (Å²) in [5, 5.41) is 4.14. The van der Waals surface area contributed by atoms with Crippen LogP contribution in [0, 0.1) is 0 Å². The van der Waals surface area contributed by atoms with E-state index in [0.29, 0.717) is 17.9 Å². The van der Waals surface area contributed by atoms with E-state index < -0.39 is 0 Å². The smallest absolute Gasteiger partial charge is 0.258 e. The molecule has 0 aromatic carbocycles. The molecule has 0 aliphatic heterocycles. The first kappa shape index (κ1) is 11.2. The molecule has 0 spiro atoms. The Morgan fingerprint density at radius 3 is 3.00 bits per heavy atom. The molecule has 6 heteroatoms. The lowest BCUT2D eigenvalue weighted by Gasteiger charge is -2.03. The highest BCUT2D eigenvalue weighted by molar-refractivity contribution is 9.10. The molecule has 0 fully saturated rings. The molecular weight excluding hydrogens is 296 g/mol. The third-order valence-corrected chi connectivity index (χ3v) is 2.96. The lowest BCUT2D eigenvalue weighted by atomic mass is 10.3. The highest BCUT2D eigenvalue weighted by Gasteiger charge is 2.03. The minimum atomic E-state index is -0.0816. The summed E-state index contributed by atoms with van der Waals surface area (Å²) in [6.45, 7) is 0.478. The van der Waals surface area contributed by atoms with Crippen molar-refractivity contribution in [3.8, 4) is 0 Å². The van der Waals surface area contributed by atoms with Gasteiger partial charge >= 0.3 is 0 Å². The number of pyridine rings is 1. The predicted octanol–water partition coefficient (Wildman–Crippen LogP) is 1.70. The molecule has 18 heavy (non-hydrogen) atoms. The van der Waals surface area contributed by atoms with E-state index in [1.807, 2.05) is 18.3 Å². The van der Waals surface area contributed by atoms with Gasteiger partial charge in [-0.1, -0.05) is 6.07 Å². The van der Waals surface area contributed by atoms with Crippen LogP contribution in [0.3, 0.4) is 0 Å². The fourth-order valence-corrected chi connectivity index (χ4v) is 2.10. The lowest BCUT2D eigenvalue weighted by molar-refractivity contribution is 0.671. The maximum Gasteiger partial charge on any atom is 0.258 e. The second-order valence-corrected chi connectivity index (χ2v) is 4.79. The number of hydrogen-bond acceptors (Lipinski definition) is 3. The highest BCUT2D eigenvalue weighted by atomic mass is 79.9. The van der Waals surface area contributed by atoms with Crippen LogP contribution in [0.15, 0.2) is 52.1 Å². The highest BCUT2D eigenvalue weighted by Crippen LogP contribution is 2.07. The van der Waals surface area contributed by atoms with Crippen molar-refractivity contribution in [1.82, 2.24) is 19.2 Å². The number of fused-ring (bicyclic) bond motifs is 1. The Kier molecular flexibility index (Phi) is 2.71. The topological polar surface area (TPSA) is 52.2 Å². The summed E-state index contributed by atoms with van der Waals surface area (Å²) >= 11 is 3.33. The Bertz CT molecular complexity index is 762. The molecular formula is C12H9BrN4O. The average Bonchev–Trinajstić information content (AvgIpc) is 2.75. The Hall–Kier alpha value is -1.95. The molecule has 0 saturated carbocycles. The van der Waals surface area contributed by atoms with Crippen LogP contribution in [0.5, 0.6) is 0 Å². The Morgan fingerprint density at radius 1 is 1.33 bits per heavy atom. The van der Waals surface area contributed by atoms with Crippen molar-refractivity contribution >= 4 is 21.6 Å². The molecule has 0 unspecified atom stereocenters. The first-order valence-electron chi connectivity index (χ1n) is 5.38. The zero-order chi connectivity index (χ0) is 12.5. The van der Waals surface area contributed by atoms with Crippen molar-refractivity contribution in [3.05, 3.63) is 63.4 Å². The van der Waals surface area contributed by atoms with Crippen LogP contribution in [0.4, 0.5) is 0 Å². The molecule has 0 aliphatic carbocycles. The van der Waals surface area contributed by atoms with E-state index in [-0.39, 0.29) is 5.56 Å². The molecule has 90 valence electrons.